The number of rotatable bonds is 7. The maximum absolute atomic E-state index is 12.1. The zero-order valence-corrected chi connectivity index (χ0v) is 15.0. The minimum atomic E-state index is -0.144. The molecule has 1 aromatic carbocycles. The van der Waals surface area contributed by atoms with E-state index in [0.717, 1.165) is 5.16 Å². The molecule has 7 nitrogen and oxygen atoms in total. The van der Waals surface area contributed by atoms with Crippen LogP contribution in [0.3, 0.4) is 0 Å². The molecule has 0 bridgehead atoms. The molecule has 0 saturated carbocycles. The number of nitrogens with zero attached hydrogens (tertiary/aromatic N) is 4. The number of carbonyl (C=O) groups excluding carboxylic acids is 1. The van der Waals surface area contributed by atoms with Crippen LogP contribution in [-0.4, -0.2) is 26.4 Å². The quantitative estimate of drug-likeness (QED) is 0.642. The second-order valence-corrected chi connectivity index (χ2v) is 6.39. The van der Waals surface area contributed by atoms with Crippen molar-refractivity contribution in [3.63, 3.8) is 0 Å². The third-order valence-corrected chi connectivity index (χ3v) is 4.63. The normalized spacial score (nSPS) is 10.5. The largest absolute Gasteiger partial charge is 0.461 e. The number of benzene rings is 1. The fourth-order valence-corrected chi connectivity index (χ4v) is 3.35. The summed E-state index contributed by atoms with van der Waals surface area (Å²) < 4.78 is 7.33. The lowest BCUT2D eigenvalue weighted by Crippen LogP contribution is -2.13. The Morgan fingerprint density at radius 3 is 2.88 bits per heavy atom. The number of hydrogen-bond acceptors (Lipinski definition) is 6. The van der Waals surface area contributed by atoms with Gasteiger partial charge in [0.25, 0.3) is 0 Å². The molecule has 0 radical (unpaired) electrons. The first-order chi connectivity index (χ1) is 12.7. The highest BCUT2D eigenvalue weighted by atomic mass is 32.2. The molecule has 0 atom stereocenters. The topological polar surface area (TPSA) is 96.7 Å². The highest BCUT2D eigenvalue weighted by molar-refractivity contribution is 7.99. The number of nitrogens with one attached hydrogen (secondary N) is 1. The lowest BCUT2D eigenvalue weighted by atomic mass is 10.2. The molecule has 132 valence electrons. The first-order valence-corrected chi connectivity index (χ1v) is 9.10. The summed E-state index contributed by atoms with van der Waals surface area (Å²) in [6, 6.07) is 12.6. The highest BCUT2D eigenvalue weighted by Gasteiger charge is 2.15. The number of thioether (sulfide) groups is 1. The van der Waals surface area contributed by atoms with Gasteiger partial charge in [0.05, 0.1) is 17.5 Å². The standard InChI is InChI=1S/C18H17N5O2S/c1-2-23-17(15-8-5-10-25-15)21-22-18(23)26-11-9-16(24)20-14-7-4-3-6-13(14)12-19/h3-8,10H,2,9,11H2,1H3,(H,20,24). The van der Waals surface area contributed by atoms with Crippen LogP contribution in [0.15, 0.2) is 52.2 Å². The van der Waals surface area contributed by atoms with Crippen LogP contribution >= 0.6 is 11.8 Å². The smallest absolute Gasteiger partial charge is 0.225 e. The number of nitriles is 1. The van der Waals surface area contributed by atoms with Gasteiger partial charge >= 0.3 is 0 Å². The number of amides is 1. The van der Waals surface area contributed by atoms with Crippen LogP contribution < -0.4 is 5.32 Å². The van der Waals surface area contributed by atoms with E-state index in [1.165, 1.54) is 11.8 Å². The fraction of sp³-hybridized carbons (Fsp3) is 0.222. The van der Waals surface area contributed by atoms with E-state index in [9.17, 15) is 4.79 Å². The van der Waals surface area contributed by atoms with Crippen LogP contribution in [0.2, 0.25) is 0 Å². The first kappa shape index (κ1) is 17.8. The van der Waals surface area contributed by atoms with Crippen molar-refractivity contribution < 1.29 is 9.21 Å². The SMILES string of the molecule is CCn1c(SCCC(=O)Nc2ccccc2C#N)nnc1-c1ccco1. The van der Waals surface area contributed by atoms with Gasteiger partial charge in [0.15, 0.2) is 16.7 Å². The Bertz CT molecular complexity index is 927. The molecule has 2 aromatic heterocycles. The number of furan rings is 1. The van der Waals surface area contributed by atoms with Crippen molar-refractivity contribution >= 4 is 23.4 Å². The third-order valence-electron chi connectivity index (χ3n) is 3.66. The van der Waals surface area contributed by atoms with Gasteiger partial charge in [-0.2, -0.15) is 5.26 Å². The zero-order valence-electron chi connectivity index (χ0n) is 14.2. The minimum Gasteiger partial charge on any atom is -0.461 e. The summed E-state index contributed by atoms with van der Waals surface area (Å²) in [5, 5.41) is 20.9. The van der Waals surface area contributed by atoms with Gasteiger partial charge in [0, 0.05) is 18.7 Å². The summed E-state index contributed by atoms with van der Waals surface area (Å²) >= 11 is 1.46. The average molecular weight is 367 g/mol. The summed E-state index contributed by atoms with van der Waals surface area (Å²) in [7, 11) is 0. The lowest BCUT2D eigenvalue weighted by molar-refractivity contribution is -0.115. The molecule has 1 amide bonds. The van der Waals surface area contributed by atoms with Crippen molar-refractivity contribution in [1.82, 2.24) is 14.8 Å². The van der Waals surface area contributed by atoms with E-state index in [4.69, 9.17) is 9.68 Å². The van der Waals surface area contributed by atoms with Crippen molar-refractivity contribution in [2.24, 2.45) is 0 Å². The van der Waals surface area contributed by atoms with Gasteiger partial charge in [-0.1, -0.05) is 23.9 Å². The van der Waals surface area contributed by atoms with Crippen LogP contribution in [0, 0.1) is 11.3 Å². The molecule has 26 heavy (non-hydrogen) atoms. The highest BCUT2D eigenvalue weighted by Crippen LogP contribution is 2.24. The van der Waals surface area contributed by atoms with Gasteiger partial charge in [0.2, 0.25) is 5.91 Å². The van der Waals surface area contributed by atoms with E-state index < -0.39 is 0 Å². The van der Waals surface area contributed by atoms with Crippen molar-refractivity contribution in [1.29, 1.82) is 5.26 Å². The maximum Gasteiger partial charge on any atom is 0.225 e. The van der Waals surface area contributed by atoms with Gasteiger partial charge in [0.1, 0.15) is 6.07 Å². The van der Waals surface area contributed by atoms with Gasteiger partial charge in [-0.15, -0.1) is 10.2 Å². The molecule has 8 heteroatoms. The van der Waals surface area contributed by atoms with Crippen molar-refractivity contribution in [3.8, 4) is 17.7 Å². The summed E-state index contributed by atoms with van der Waals surface area (Å²) in [6.45, 7) is 2.71. The third kappa shape index (κ3) is 3.95. The molecular formula is C18H17N5O2S. The molecule has 0 aliphatic rings. The Morgan fingerprint density at radius 2 is 2.15 bits per heavy atom. The summed E-state index contributed by atoms with van der Waals surface area (Å²) in [5.41, 5.74) is 0.976. The number of anilines is 1. The number of carbonyl (C=O) groups is 1. The molecule has 0 aliphatic heterocycles. The van der Waals surface area contributed by atoms with E-state index in [1.54, 1.807) is 36.6 Å². The Morgan fingerprint density at radius 1 is 1.31 bits per heavy atom. The molecule has 0 saturated heterocycles. The summed E-state index contributed by atoms with van der Waals surface area (Å²) in [6.07, 6.45) is 1.90. The second kappa shape index (κ2) is 8.36. The lowest BCUT2D eigenvalue weighted by Gasteiger charge is -2.07. The molecular weight excluding hydrogens is 350 g/mol. The van der Waals surface area contributed by atoms with Crippen LogP contribution in [-0.2, 0) is 11.3 Å². The predicted octanol–water partition coefficient (Wildman–Crippen LogP) is 3.55. The van der Waals surface area contributed by atoms with E-state index in [2.05, 4.69) is 21.6 Å². The maximum atomic E-state index is 12.1. The molecule has 0 spiro atoms. The second-order valence-electron chi connectivity index (χ2n) is 5.33. The van der Waals surface area contributed by atoms with Gasteiger partial charge in [-0.3, -0.25) is 9.36 Å². The van der Waals surface area contributed by atoms with E-state index in [-0.39, 0.29) is 5.91 Å². The Balaban J connectivity index is 1.58. The van der Waals surface area contributed by atoms with Gasteiger partial charge in [-0.25, -0.2) is 0 Å². The predicted molar refractivity (Wildman–Crippen MR) is 98.5 cm³/mol. The Labute approximate surface area is 155 Å². The molecule has 0 unspecified atom stereocenters. The van der Waals surface area contributed by atoms with Crippen LogP contribution in [0.4, 0.5) is 5.69 Å². The fourth-order valence-electron chi connectivity index (χ4n) is 2.41. The van der Waals surface area contributed by atoms with E-state index >= 15 is 0 Å². The number of aromatic nitrogens is 3. The molecule has 3 aromatic rings. The Kier molecular flexibility index (Phi) is 5.71. The molecule has 0 aliphatic carbocycles. The van der Waals surface area contributed by atoms with Crippen molar-refractivity contribution in [3.05, 3.63) is 48.2 Å². The Hall–Kier alpha value is -3.05. The molecule has 1 N–H and O–H groups in total. The minimum absolute atomic E-state index is 0.144. The van der Waals surface area contributed by atoms with Crippen LogP contribution in [0.5, 0.6) is 0 Å². The van der Waals surface area contributed by atoms with E-state index in [1.807, 2.05) is 17.6 Å². The van der Waals surface area contributed by atoms with E-state index in [0.29, 0.717) is 41.6 Å². The van der Waals surface area contributed by atoms with Crippen LogP contribution in [0.1, 0.15) is 18.9 Å². The molecule has 2 heterocycles. The zero-order chi connectivity index (χ0) is 18.4. The average Bonchev–Trinajstić information content (AvgIpc) is 3.31. The monoisotopic (exact) mass is 367 g/mol. The van der Waals surface area contributed by atoms with Crippen molar-refractivity contribution in [2.45, 2.75) is 25.0 Å². The molecule has 0 fully saturated rings. The number of hydrogen-bond donors (Lipinski definition) is 1. The summed E-state index contributed by atoms with van der Waals surface area (Å²) in [5.74, 6) is 1.75. The molecule has 3 rings (SSSR count). The first-order valence-electron chi connectivity index (χ1n) is 8.11. The van der Waals surface area contributed by atoms with Gasteiger partial charge < -0.3 is 9.73 Å². The van der Waals surface area contributed by atoms with Gasteiger partial charge in [-0.05, 0) is 31.2 Å². The van der Waals surface area contributed by atoms with Crippen molar-refractivity contribution in [2.75, 3.05) is 11.1 Å². The summed E-state index contributed by atoms with van der Waals surface area (Å²) in [4.78, 5) is 12.1. The number of para-hydroxylation sites is 1. The van der Waals surface area contributed by atoms with Crippen LogP contribution in [0.25, 0.3) is 11.6 Å².